The second-order valence-electron chi connectivity index (χ2n) is 8.79. The fraction of sp³-hybridized carbons (Fsp3) is 0.458. The standard InChI is InChI=1S/C24H30N2O4/c1-24(2)16-29-22-8-7-18(13-23(22)30-17-24)21(27)15-25-9-11-26(12-10-25)19-5-4-6-20(14-19)28-3/h4-8,13-14H,9-12,15-17H2,1-3H3. The average molecular weight is 411 g/mol. The van der Waals surface area contributed by atoms with Crippen molar-refractivity contribution < 1.29 is 19.0 Å². The van der Waals surface area contributed by atoms with Gasteiger partial charge in [-0.3, -0.25) is 9.69 Å². The molecule has 2 aliphatic rings. The number of ether oxygens (including phenoxy) is 3. The minimum absolute atomic E-state index is 0.0500. The van der Waals surface area contributed by atoms with E-state index < -0.39 is 0 Å². The van der Waals surface area contributed by atoms with Crippen molar-refractivity contribution in [2.75, 3.05) is 57.9 Å². The molecule has 0 atom stereocenters. The molecule has 0 unspecified atom stereocenters. The van der Waals surface area contributed by atoms with Crippen LogP contribution in [0.4, 0.5) is 5.69 Å². The lowest BCUT2D eigenvalue weighted by molar-refractivity contribution is 0.0926. The Labute approximate surface area is 178 Å². The number of piperazine rings is 1. The third kappa shape index (κ3) is 4.70. The van der Waals surface area contributed by atoms with Crippen molar-refractivity contribution in [3.05, 3.63) is 48.0 Å². The molecule has 1 fully saturated rings. The fourth-order valence-electron chi connectivity index (χ4n) is 3.77. The molecule has 2 aromatic carbocycles. The second-order valence-corrected chi connectivity index (χ2v) is 8.79. The van der Waals surface area contributed by atoms with E-state index in [1.165, 1.54) is 0 Å². The van der Waals surface area contributed by atoms with Gasteiger partial charge in [-0.1, -0.05) is 19.9 Å². The first-order valence-electron chi connectivity index (χ1n) is 10.5. The molecular formula is C24H30N2O4. The highest BCUT2D eigenvalue weighted by Crippen LogP contribution is 2.34. The smallest absolute Gasteiger partial charge is 0.176 e. The molecule has 0 amide bonds. The van der Waals surface area contributed by atoms with Crippen molar-refractivity contribution in [2.45, 2.75) is 13.8 Å². The molecule has 30 heavy (non-hydrogen) atoms. The zero-order chi connectivity index (χ0) is 21.1. The van der Waals surface area contributed by atoms with Crippen LogP contribution in [0.3, 0.4) is 0 Å². The Hall–Kier alpha value is -2.73. The van der Waals surface area contributed by atoms with Gasteiger partial charge >= 0.3 is 0 Å². The molecule has 0 bridgehead atoms. The Morgan fingerprint density at radius 2 is 1.73 bits per heavy atom. The van der Waals surface area contributed by atoms with Crippen LogP contribution in [-0.4, -0.2) is 63.7 Å². The van der Waals surface area contributed by atoms with Crippen molar-refractivity contribution in [3.8, 4) is 17.2 Å². The van der Waals surface area contributed by atoms with E-state index in [2.05, 4.69) is 35.8 Å². The average Bonchev–Trinajstić information content (AvgIpc) is 2.92. The molecule has 0 aliphatic carbocycles. The topological polar surface area (TPSA) is 51.2 Å². The van der Waals surface area contributed by atoms with Crippen molar-refractivity contribution in [1.82, 2.24) is 4.90 Å². The number of ketones is 1. The number of hydrogen-bond donors (Lipinski definition) is 0. The maximum atomic E-state index is 12.9. The second kappa shape index (κ2) is 8.56. The lowest BCUT2D eigenvalue weighted by Gasteiger charge is -2.35. The van der Waals surface area contributed by atoms with E-state index in [4.69, 9.17) is 14.2 Å². The molecule has 2 aliphatic heterocycles. The zero-order valence-corrected chi connectivity index (χ0v) is 18.0. The van der Waals surface area contributed by atoms with E-state index in [0.717, 1.165) is 37.6 Å². The predicted molar refractivity (Wildman–Crippen MR) is 117 cm³/mol. The number of carbonyl (C=O) groups is 1. The van der Waals surface area contributed by atoms with Crippen LogP contribution >= 0.6 is 0 Å². The van der Waals surface area contributed by atoms with Crippen molar-refractivity contribution in [2.24, 2.45) is 5.41 Å². The third-order valence-electron chi connectivity index (χ3n) is 5.66. The first kappa shape index (κ1) is 20.5. The van der Waals surface area contributed by atoms with Gasteiger partial charge in [-0.2, -0.15) is 0 Å². The van der Waals surface area contributed by atoms with Gasteiger partial charge in [0.05, 0.1) is 26.9 Å². The molecule has 0 aromatic heterocycles. The first-order valence-corrected chi connectivity index (χ1v) is 10.5. The molecule has 6 heteroatoms. The van der Waals surface area contributed by atoms with Gasteiger partial charge in [0.2, 0.25) is 0 Å². The Morgan fingerprint density at radius 3 is 2.47 bits per heavy atom. The quantitative estimate of drug-likeness (QED) is 0.704. The number of anilines is 1. The van der Waals surface area contributed by atoms with Crippen LogP contribution in [0.2, 0.25) is 0 Å². The lowest BCUT2D eigenvalue weighted by atomic mass is 9.97. The molecule has 6 nitrogen and oxygen atoms in total. The van der Waals surface area contributed by atoms with E-state index in [-0.39, 0.29) is 11.2 Å². The van der Waals surface area contributed by atoms with Crippen LogP contribution in [0.1, 0.15) is 24.2 Å². The van der Waals surface area contributed by atoms with Crippen LogP contribution in [-0.2, 0) is 0 Å². The van der Waals surface area contributed by atoms with E-state index >= 15 is 0 Å². The van der Waals surface area contributed by atoms with Crippen LogP contribution in [0.15, 0.2) is 42.5 Å². The number of benzene rings is 2. The number of methoxy groups -OCH3 is 1. The Bertz CT molecular complexity index is 904. The zero-order valence-electron chi connectivity index (χ0n) is 18.0. The highest BCUT2D eigenvalue weighted by Gasteiger charge is 2.26. The third-order valence-corrected chi connectivity index (χ3v) is 5.66. The number of Topliss-reactive ketones (excluding diaryl/α,β-unsaturated/α-hetero) is 1. The molecule has 4 rings (SSSR count). The molecule has 0 N–H and O–H groups in total. The lowest BCUT2D eigenvalue weighted by Crippen LogP contribution is -2.48. The Morgan fingerprint density at radius 1 is 1.00 bits per heavy atom. The van der Waals surface area contributed by atoms with Crippen molar-refractivity contribution >= 4 is 11.5 Å². The van der Waals surface area contributed by atoms with Gasteiger partial charge in [-0.15, -0.1) is 0 Å². The summed E-state index contributed by atoms with van der Waals surface area (Å²) in [6, 6.07) is 13.6. The monoisotopic (exact) mass is 410 g/mol. The number of nitrogens with zero attached hydrogens (tertiary/aromatic N) is 2. The SMILES string of the molecule is COc1cccc(N2CCN(CC(=O)c3ccc4c(c3)OCC(C)(C)CO4)CC2)c1. The molecule has 160 valence electrons. The Balaban J connectivity index is 1.35. The fourth-order valence-corrected chi connectivity index (χ4v) is 3.77. The van der Waals surface area contributed by atoms with Crippen LogP contribution < -0.4 is 19.1 Å². The van der Waals surface area contributed by atoms with Crippen LogP contribution in [0.5, 0.6) is 17.2 Å². The van der Waals surface area contributed by atoms with Gasteiger partial charge in [0.1, 0.15) is 5.75 Å². The maximum Gasteiger partial charge on any atom is 0.176 e. The van der Waals surface area contributed by atoms with E-state index in [1.54, 1.807) is 7.11 Å². The highest BCUT2D eigenvalue weighted by molar-refractivity contribution is 5.98. The molecule has 2 aromatic rings. The summed E-state index contributed by atoms with van der Waals surface area (Å²) in [7, 11) is 1.68. The molecule has 2 heterocycles. The molecule has 0 radical (unpaired) electrons. The minimum Gasteiger partial charge on any atom is -0.497 e. The summed E-state index contributed by atoms with van der Waals surface area (Å²) in [4.78, 5) is 17.4. The van der Waals surface area contributed by atoms with Gasteiger partial charge in [0.25, 0.3) is 0 Å². The summed E-state index contributed by atoms with van der Waals surface area (Å²) in [5.74, 6) is 2.35. The number of hydrogen-bond acceptors (Lipinski definition) is 6. The van der Waals surface area contributed by atoms with Gasteiger partial charge in [0.15, 0.2) is 17.3 Å². The highest BCUT2D eigenvalue weighted by atomic mass is 16.5. The van der Waals surface area contributed by atoms with Crippen LogP contribution in [0, 0.1) is 5.41 Å². The molecular weight excluding hydrogens is 380 g/mol. The Kier molecular flexibility index (Phi) is 5.86. The van der Waals surface area contributed by atoms with E-state index in [1.807, 2.05) is 30.3 Å². The normalized spacial score (nSPS) is 18.6. The van der Waals surface area contributed by atoms with Crippen molar-refractivity contribution in [3.63, 3.8) is 0 Å². The van der Waals surface area contributed by atoms with Crippen LogP contribution in [0.25, 0.3) is 0 Å². The summed E-state index contributed by atoms with van der Waals surface area (Å²) in [5, 5.41) is 0. The number of fused-ring (bicyclic) bond motifs is 1. The number of rotatable bonds is 5. The summed E-state index contributed by atoms with van der Waals surface area (Å²) < 4.78 is 17.1. The number of carbonyl (C=O) groups excluding carboxylic acids is 1. The molecule has 1 saturated heterocycles. The van der Waals surface area contributed by atoms with Crippen molar-refractivity contribution in [1.29, 1.82) is 0 Å². The van der Waals surface area contributed by atoms with Gasteiger partial charge in [-0.25, -0.2) is 0 Å². The molecule has 0 spiro atoms. The largest absolute Gasteiger partial charge is 0.497 e. The van der Waals surface area contributed by atoms with Gasteiger partial charge < -0.3 is 19.1 Å². The van der Waals surface area contributed by atoms with Gasteiger partial charge in [0, 0.05) is 48.9 Å². The molecule has 0 saturated carbocycles. The summed E-state index contributed by atoms with van der Waals surface area (Å²) in [6.45, 7) is 9.27. The van der Waals surface area contributed by atoms with Gasteiger partial charge in [-0.05, 0) is 30.3 Å². The van der Waals surface area contributed by atoms with E-state index in [0.29, 0.717) is 36.8 Å². The minimum atomic E-state index is -0.0500. The summed E-state index contributed by atoms with van der Waals surface area (Å²) in [5.41, 5.74) is 1.78. The first-order chi connectivity index (χ1) is 14.4. The maximum absolute atomic E-state index is 12.9. The summed E-state index contributed by atoms with van der Waals surface area (Å²) >= 11 is 0. The van der Waals surface area contributed by atoms with E-state index in [9.17, 15) is 4.79 Å². The predicted octanol–water partition coefficient (Wildman–Crippen LogP) is 3.50. The summed E-state index contributed by atoms with van der Waals surface area (Å²) in [6.07, 6.45) is 0.